The van der Waals surface area contributed by atoms with Gasteiger partial charge in [-0.25, -0.2) is 9.89 Å². The molecule has 1 atom stereocenters. The number of aryl methyl sites for hydroxylation is 1. The van der Waals surface area contributed by atoms with Gasteiger partial charge in [-0.3, -0.25) is 4.79 Å². The summed E-state index contributed by atoms with van der Waals surface area (Å²) >= 11 is 0. The predicted molar refractivity (Wildman–Crippen MR) is 127 cm³/mol. The van der Waals surface area contributed by atoms with E-state index in [1.165, 1.54) is 12.8 Å². The first-order valence-electron chi connectivity index (χ1n) is 11.5. The third-order valence-corrected chi connectivity index (χ3v) is 6.53. The molecule has 2 heterocycles. The Balaban J connectivity index is 1.55. The fourth-order valence-electron chi connectivity index (χ4n) is 4.86. The molecule has 1 aliphatic heterocycles. The lowest BCUT2D eigenvalue weighted by Crippen LogP contribution is -2.48. The van der Waals surface area contributed by atoms with Gasteiger partial charge in [0.1, 0.15) is 11.8 Å². The van der Waals surface area contributed by atoms with Gasteiger partial charge >= 0.3 is 0 Å². The zero-order chi connectivity index (χ0) is 21.9. The molecule has 164 valence electrons. The van der Waals surface area contributed by atoms with Crippen molar-refractivity contribution in [3.8, 4) is 0 Å². The second-order valence-electron chi connectivity index (χ2n) is 8.74. The van der Waals surface area contributed by atoms with Crippen LogP contribution in [0.15, 0.2) is 82.4 Å². The number of hydrogen-bond acceptors (Lipinski definition) is 4. The van der Waals surface area contributed by atoms with Crippen LogP contribution in [0, 0.1) is 6.92 Å². The topological polar surface area (TPSA) is 49.1 Å². The largest absolute Gasteiger partial charge is 0.467 e. The third kappa shape index (κ3) is 4.07. The number of aliphatic imine (C=N–C) groups is 1. The maximum absolute atomic E-state index is 13.8. The van der Waals surface area contributed by atoms with Gasteiger partial charge in [-0.05, 0) is 49.1 Å². The molecule has 5 nitrogen and oxygen atoms in total. The number of guanidine groups is 1. The molecule has 1 fully saturated rings. The first-order valence-corrected chi connectivity index (χ1v) is 11.5. The summed E-state index contributed by atoms with van der Waals surface area (Å²) in [6.45, 7) is 2.67. The van der Waals surface area contributed by atoms with E-state index in [4.69, 9.17) is 9.41 Å². The maximum atomic E-state index is 13.8. The molecule has 0 spiro atoms. The minimum Gasteiger partial charge on any atom is -0.467 e. The minimum absolute atomic E-state index is 0.0422. The smallest absolute Gasteiger partial charge is 0.259 e. The number of carbonyl (C=O) groups is 1. The Bertz CT molecular complexity index is 1090. The first-order chi connectivity index (χ1) is 15.7. The first kappa shape index (κ1) is 20.6. The van der Waals surface area contributed by atoms with Crippen molar-refractivity contribution in [1.82, 2.24) is 4.90 Å². The quantitative estimate of drug-likeness (QED) is 0.533. The van der Waals surface area contributed by atoms with Gasteiger partial charge in [-0.15, -0.1) is 0 Å². The van der Waals surface area contributed by atoms with Gasteiger partial charge in [0.05, 0.1) is 18.5 Å². The summed E-state index contributed by atoms with van der Waals surface area (Å²) in [5.74, 6) is 1.69. The Hall–Kier alpha value is -3.34. The van der Waals surface area contributed by atoms with Gasteiger partial charge in [-0.1, -0.05) is 61.4 Å². The molecule has 1 saturated carbocycles. The maximum Gasteiger partial charge on any atom is 0.259 e. The van der Waals surface area contributed by atoms with E-state index in [0.717, 1.165) is 41.4 Å². The normalized spacial score (nSPS) is 18.9. The van der Waals surface area contributed by atoms with E-state index < -0.39 is 6.04 Å². The number of carbonyl (C=O) groups excluding carboxylic acids is 1. The zero-order valence-corrected chi connectivity index (χ0v) is 18.5. The van der Waals surface area contributed by atoms with E-state index in [0.29, 0.717) is 19.0 Å². The van der Waals surface area contributed by atoms with Crippen LogP contribution in [0.25, 0.3) is 0 Å². The number of para-hydroxylation sites is 1. The summed E-state index contributed by atoms with van der Waals surface area (Å²) in [6.07, 6.45) is 6.94. The second-order valence-corrected chi connectivity index (χ2v) is 8.74. The van der Waals surface area contributed by atoms with E-state index in [-0.39, 0.29) is 5.91 Å². The highest BCUT2D eigenvalue weighted by Crippen LogP contribution is 2.32. The molecule has 1 aliphatic carbocycles. The molecule has 5 rings (SSSR count). The molecule has 0 saturated heterocycles. The van der Waals surface area contributed by atoms with Crippen molar-refractivity contribution in [1.29, 1.82) is 0 Å². The number of amides is 1. The third-order valence-electron chi connectivity index (χ3n) is 6.53. The van der Waals surface area contributed by atoms with Crippen LogP contribution in [-0.4, -0.2) is 28.9 Å². The van der Waals surface area contributed by atoms with Crippen molar-refractivity contribution in [3.63, 3.8) is 0 Å². The Morgan fingerprint density at radius 1 is 1.00 bits per heavy atom. The summed E-state index contributed by atoms with van der Waals surface area (Å²) in [5.41, 5.74) is 3.10. The molecule has 32 heavy (non-hydrogen) atoms. The molecule has 3 aromatic rings. The van der Waals surface area contributed by atoms with Crippen LogP contribution in [0.1, 0.15) is 42.6 Å². The lowest BCUT2D eigenvalue weighted by Gasteiger charge is -2.34. The minimum atomic E-state index is -0.424. The molecule has 1 aromatic heterocycles. The molecular weight excluding hydrogens is 398 g/mol. The summed E-state index contributed by atoms with van der Waals surface area (Å²) in [4.78, 5) is 23.0. The monoisotopic (exact) mass is 427 g/mol. The number of anilines is 1. The van der Waals surface area contributed by atoms with Gasteiger partial charge in [0.15, 0.2) is 0 Å². The average molecular weight is 428 g/mol. The zero-order valence-electron chi connectivity index (χ0n) is 18.5. The number of hydrogen-bond donors (Lipinski definition) is 0. The molecule has 0 radical (unpaired) electrons. The average Bonchev–Trinajstić information content (AvgIpc) is 3.57. The van der Waals surface area contributed by atoms with Gasteiger partial charge in [0.25, 0.3) is 5.91 Å². The van der Waals surface area contributed by atoms with Crippen LogP contribution in [0.3, 0.4) is 0 Å². The molecule has 0 N–H and O–H groups in total. The molecule has 1 unspecified atom stereocenters. The lowest BCUT2D eigenvalue weighted by atomic mass is 10.1. The van der Waals surface area contributed by atoms with Gasteiger partial charge in [-0.2, -0.15) is 0 Å². The highest BCUT2D eigenvalue weighted by Gasteiger charge is 2.41. The SMILES string of the molecule is Cc1ccccc1N1C(=O)C(Cc2ccccc2)N=C1N(Cc1ccco1)C1CCCC1. The van der Waals surface area contributed by atoms with E-state index in [9.17, 15) is 4.79 Å². The fourth-order valence-corrected chi connectivity index (χ4v) is 4.86. The molecule has 1 amide bonds. The number of nitrogens with zero attached hydrogens (tertiary/aromatic N) is 3. The summed E-state index contributed by atoms with van der Waals surface area (Å²) in [6, 6.07) is 22.1. The molecule has 0 bridgehead atoms. The van der Waals surface area contributed by atoms with Crippen LogP contribution in [0.2, 0.25) is 0 Å². The fraction of sp³-hybridized carbons (Fsp3) is 0.333. The predicted octanol–water partition coefficient (Wildman–Crippen LogP) is 5.35. The van der Waals surface area contributed by atoms with Crippen molar-refractivity contribution >= 4 is 17.6 Å². The molecule has 2 aromatic carbocycles. The van der Waals surface area contributed by atoms with Crippen LogP contribution >= 0.6 is 0 Å². The van der Waals surface area contributed by atoms with Crippen LogP contribution in [-0.2, 0) is 17.8 Å². The van der Waals surface area contributed by atoms with Gasteiger partial charge in [0.2, 0.25) is 5.96 Å². The molecule has 5 heteroatoms. The molecule has 2 aliphatic rings. The van der Waals surface area contributed by atoms with Crippen LogP contribution in [0.5, 0.6) is 0 Å². The summed E-state index contributed by atoms with van der Waals surface area (Å²) in [7, 11) is 0. The van der Waals surface area contributed by atoms with Crippen LogP contribution in [0.4, 0.5) is 5.69 Å². The van der Waals surface area contributed by atoms with E-state index in [1.807, 2.05) is 53.4 Å². The van der Waals surface area contributed by atoms with Crippen molar-refractivity contribution in [2.24, 2.45) is 4.99 Å². The lowest BCUT2D eigenvalue weighted by molar-refractivity contribution is -0.118. The highest BCUT2D eigenvalue weighted by atomic mass is 16.3. The number of benzene rings is 2. The van der Waals surface area contributed by atoms with Gasteiger partial charge < -0.3 is 9.32 Å². The van der Waals surface area contributed by atoms with Crippen LogP contribution < -0.4 is 4.90 Å². The van der Waals surface area contributed by atoms with Crippen molar-refractivity contribution in [3.05, 3.63) is 89.9 Å². The Morgan fingerprint density at radius 2 is 1.75 bits per heavy atom. The van der Waals surface area contributed by atoms with Crippen molar-refractivity contribution < 1.29 is 9.21 Å². The Labute approximate surface area is 189 Å². The standard InChI is InChI=1S/C27H29N3O2/c1-20-10-5-8-16-25(20)30-26(31)24(18-21-11-3-2-4-12-21)28-27(30)29(22-13-6-7-14-22)19-23-15-9-17-32-23/h2-5,8-12,15-17,22,24H,6-7,13-14,18-19H2,1H3. The van der Waals surface area contributed by atoms with Crippen molar-refractivity contribution in [2.45, 2.75) is 57.7 Å². The Kier molecular flexibility index (Phi) is 5.80. The van der Waals surface area contributed by atoms with Crippen molar-refractivity contribution in [2.75, 3.05) is 4.90 Å². The highest BCUT2D eigenvalue weighted by molar-refractivity contribution is 6.22. The Morgan fingerprint density at radius 3 is 2.47 bits per heavy atom. The summed E-state index contributed by atoms with van der Waals surface area (Å²) in [5, 5.41) is 0. The van der Waals surface area contributed by atoms with E-state index >= 15 is 0 Å². The van der Waals surface area contributed by atoms with E-state index in [1.54, 1.807) is 6.26 Å². The number of furan rings is 1. The molecular formula is C27H29N3O2. The van der Waals surface area contributed by atoms with E-state index in [2.05, 4.69) is 30.0 Å². The second kappa shape index (κ2) is 9.03. The van der Waals surface area contributed by atoms with Gasteiger partial charge in [0, 0.05) is 12.5 Å². The number of rotatable bonds is 6. The summed E-state index contributed by atoms with van der Waals surface area (Å²) < 4.78 is 5.70.